The van der Waals surface area contributed by atoms with Crippen molar-refractivity contribution in [2.45, 2.75) is 6.54 Å². The minimum absolute atomic E-state index is 0.0651. The Morgan fingerprint density at radius 2 is 2.41 bits per heavy atom. The second-order valence-corrected chi connectivity index (χ2v) is 4.02. The van der Waals surface area contributed by atoms with Crippen molar-refractivity contribution in [1.82, 2.24) is 9.59 Å². The fourth-order valence-electron chi connectivity index (χ4n) is 1.30. The molecule has 0 bridgehead atoms. The van der Waals surface area contributed by atoms with Gasteiger partial charge < -0.3 is 10.1 Å². The maximum Gasteiger partial charge on any atom is 0.174 e. The maximum absolute atomic E-state index is 8.43. The molecule has 1 heterocycles. The molecule has 0 fully saturated rings. The fraction of sp³-hybridized carbons (Fsp3) is 0.182. The van der Waals surface area contributed by atoms with Crippen LogP contribution in [0.25, 0.3) is 0 Å². The quantitative estimate of drug-likeness (QED) is 0.874. The summed E-state index contributed by atoms with van der Waals surface area (Å²) in [7, 11) is 0. The largest absolute Gasteiger partial charge is 0.479 e. The van der Waals surface area contributed by atoms with Crippen LogP contribution >= 0.6 is 11.5 Å². The van der Waals surface area contributed by atoms with Gasteiger partial charge in [0, 0.05) is 18.1 Å². The van der Waals surface area contributed by atoms with Crippen LogP contribution in [0.3, 0.4) is 0 Å². The Hall–Kier alpha value is -2.13. The van der Waals surface area contributed by atoms with E-state index in [-0.39, 0.29) is 6.61 Å². The highest BCUT2D eigenvalue weighted by Gasteiger charge is 1.98. The Morgan fingerprint density at radius 3 is 3.18 bits per heavy atom. The van der Waals surface area contributed by atoms with Crippen molar-refractivity contribution < 1.29 is 4.74 Å². The van der Waals surface area contributed by atoms with E-state index in [9.17, 15) is 0 Å². The van der Waals surface area contributed by atoms with Crippen LogP contribution in [0.15, 0.2) is 30.5 Å². The molecule has 0 aliphatic heterocycles. The zero-order chi connectivity index (χ0) is 11.9. The summed E-state index contributed by atoms with van der Waals surface area (Å²) >= 11 is 1.31. The van der Waals surface area contributed by atoms with Crippen LogP contribution in [-0.2, 0) is 6.54 Å². The normalized spacial score (nSPS) is 9.59. The molecule has 0 aliphatic carbocycles. The molecular weight excluding hydrogens is 236 g/mol. The van der Waals surface area contributed by atoms with Gasteiger partial charge in [-0.1, -0.05) is 16.6 Å². The number of hydrogen-bond donors (Lipinski definition) is 1. The summed E-state index contributed by atoms with van der Waals surface area (Å²) in [5, 5.41) is 16.3. The van der Waals surface area contributed by atoms with Gasteiger partial charge in [-0.3, -0.25) is 0 Å². The summed E-state index contributed by atoms with van der Waals surface area (Å²) < 4.78 is 8.98. The molecule has 6 heteroatoms. The molecule has 0 atom stereocenters. The van der Waals surface area contributed by atoms with Gasteiger partial charge in [0.25, 0.3) is 0 Å². The minimum Gasteiger partial charge on any atom is -0.479 e. The van der Waals surface area contributed by atoms with Crippen molar-refractivity contribution in [3.63, 3.8) is 0 Å². The molecular formula is C11H10N4OS. The van der Waals surface area contributed by atoms with E-state index in [0.717, 1.165) is 10.6 Å². The highest BCUT2D eigenvalue weighted by molar-refractivity contribution is 7.09. The Balaban J connectivity index is 1.94. The molecule has 1 N–H and O–H groups in total. The monoisotopic (exact) mass is 246 g/mol. The van der Waals surface area contributed by atoms with Crippen LogP contribution in [0.5, 0.6) is 5.75 Å². The van der Waals surface area contributed by atoms with Crippen molar-refractivity contribution in [1.29, 1.82) is 5.26 Å². The van der Waals surface area contributed by atoms with Gasteiger partial charge >= 0.3 is 0 Å². The van der Waals surface area contributed by atoms with E-state index < -0.39 is 0 Å². The number of hydrogen-bond acceptors (Lipinski definition) is 6. The summed E-state index contributed by atoms with van der Waals surface area (Å²) in [6.45, 7) is 0.739. The maximum atomic E-state index is 8.43. The lowest BCUT2D eigenvalue weighted by Crippen LogP contribution is -1.99. The van der Waals surface area contributed by atoms with Gasteiger partial charge in [-0.25, -0.2) is 0 Å². The zero-order valence-electron chi connectivity index (χ0n) is 8.96. The number of anilines is 1. The Bertz CT molecular complexity index is 506. The molecule has 0 saturated heterocycles. The third-order valence-electron chi connectivity index (χ3n) is 2.03. The smallest absolute Gasteiger partial charge is 0.174 e. The van der Waals surface area contributed by atoms with Gasteiger partial charge in [0.1, 0.15) is 16.8 Å². The molecule has 0 unspecified atom stereocenters. The Morgan fingerprint density at radius 1 is 1.47 bits per heavy atom. The standard InChI is InChI=1S/C11H10N4OS/c12-4-5-16-10-3-1-2-9(6-10)7-13-11-8-14-15-17-11/h1-3,6,8,13H,5,7H2. The minimum atomic E-state index is 0.0651. The van der Waals surface area contributed by atoms with Crippen LogP contribution in [0.1, 0.15) is 5.56 Å². The molecule has 1 aromatic heterocycles. The van der Waals surface area contributed by atoms with E-state index in [0.29, 0.717) is 12.3 Å². The first kappa shape index (κ1) is 11.4. The molecule has 17 heavy (non-hydrogen) atoms. The number of nitriles is 1. The number of aromatic nitrogens is 2. The zero-order valence-corrected chi connectivity index (χ0v) is 9.78. The molecule has 0 amide bonds. The molecule has 5 nitrogen and oxygen atoms in total. The summed E-state index contributed by atoms with van der Waals surface area (Å²) in [5.74, 6) is 0.702. The molecule has 0 aliphatic rings. The van der Waals surface area contributed by atoms with E-state index in [1.54, 1.807) is 6.20 Å². The van der Waals surface area contributed by atoms with E-state index >= 15 is 0 Å². The third kappa shape index (κ3) is 3.43. The molecule has 0 saturated carbocycles. The van der Waals surface area contributed by atoms with E-state index in [1.807, 2.05) is 30.3 Å². The first-order chi connectivity index (χ1) is 8.38. The number of ether oxygens (including phenoxy) is 1. The lowest BCUT2D eigenvalue weighted by Gasteiger charge is -2.05. The lowest BCUT2D eigenvalue weighted by atomic mass is 10.2. The fourth-order valence-corrected chi connectivity index (χ4v) is 1.71. The molecule has 1 aromatic carbocycles. The van der Waals surface area contributed by atoms with Crippen LogP contribution < -0.4 is 10.1 Å². The second-order valence-electron chi connectivity index (χ2n) is 3.23. The van der Waals surface area contributed by atoms with Crippen LogP contribution in [0.2, 0.25) is 0 Å². The lowest BCUT2D eigenvalue weighted by molar-refractivity contribution is 0.368. The number of rotatable bonds is 5. The number of nitrogens with one attached hydrogen (secondary N) is 1. The predicted octanol–water partition coefficient (Wildman–Crippen LogP) is 2.05. The van der Waals surface area contributed by atoms with Crippen molar-refractivity contribution in [2.24, 2.45) is 0 Å². The van der Waals surface area contributed by atoms with Crippen molar-refractivity contribution in [3.8, 4) is 11.8 Å². The second kappa shape index (κ2) is 5.82. The molecule has 2 aromatic rings. The predicted molar refractivity (Wildman–Crippen MR) is 64.8 cm³/mol. The summed E-state index contributed by atoms with van der Waals surface area (Å²) in [5.41, 5.74) is 1.08. The van der Waals surface area contributed by atoms with Crippen molar-refractivity contribution in [3.05, 3.63) is 36.0 Å². The number of nitrogens with zero attached hydrogens (tertiary/aromatic N) is 3. The van der Waals surface area contributed by atoms with Gasteiger partial charge in [-0.2, -0.15) is 5.26 Å². The Labute approximate surface area is 103 Å². The molecule has 0 spiro atoms. The van der Waals surface area contributed by atoms with Crippen molar-refractivity contribution >= 4 is 16.5 Å². The highest BCUT2D eigenvalue weighted by atomic mass is 32.1. The highest BCUT2D eigenvalue weighted by Crippen LogP contribution is 2.16. The van der Waals surface area contributed by atoms with Gasteiger partial charge in [-0.05, 0) is 17.7 Å². The third-order valence-corrected chi connectivity index (χ3v) is 2.65. The van der Waals surface area contributed by atoms with E-state index in [4.69, 9.17) is 10.00 Å². The average molecular weight is 246 g/mol. The van der Waals surface area contributed by atoms with Gasteiger partial charge in [0.15, 0.2) is 6.61 Å². The van der Waals surface area contributed by atoms with Gasteiger partial charge in [0.05, 0.1) is 6.20 Å². The summed E-state index contributed by atoms with van der Waals surface area (Å²) in [6.07, 6.45) is 1.68. The summed E-state index contributed by atoms with van der Waals surface area (Å²) in [6, 6.07) is 9.55. The van der Waals surface area contributed by atoms with Gasteiger partial charge in [-0.15, -0.1) is 5.10 Å². The number of benzene rings is 1. The first-order valence-corrected chi connectivity index (χ1v) is 5.76. The topological polar surface area (TPSA) is 70.8 Å². The molecule has 2 rings (SSSR count). The first-order valence-electron chi connectivity index (χ1n) is 4.98. The van der Waals surface area contributed by atoms with Gasteiger partial charge in [0.2, 0.25) is 0 Å². The van der Waals surface area contributed by atoms with Crippen LogP contribution in [0.4, 0.5) is 5.00 Å². The Kier molecular flexibility index (Phi) is 3.89. The van der Waals surface area contributed by atoms with Crippen molar-refractivity contribution in [2.75, 3.05) is 11.9 Å². The molecule has 86 valence electrons. The van der Waals surface area contributed by atoms with E-state index in [1.165, 1.54) is 11.5 Å². The van der Waals surface area contributed by atoms with Crippen LogP contribution in [-0.4, -0.2) is 16.2 Å². The summed E-state index contributed by atoms with van der Waals surface area (Å²) in [4.78, 5) is 0. The average Bonchev–Trinajstić information content (AvgIpc) is 2.87. The SMILES string of the molecule is N#CCOc1cccc(CNc2cnns2)c1. The van der Waals surface area contributed by atoms with E-state index in [2.05, 4.69) is 14.9 Å². The molecule has 0 radical (unpaired) electrons. The van der Waals surface area contributed by atoms with Crippen LogP contribution in [0, 0.1) is 11.3 Å².